The number of hydrogen-bond acceptors (Lipinski definition) is 4. The molecule has 0 saturated carbocycles. The Kier molecular flexibility index (Phi) is 4.42. The van der Waals surface area contributed by atoms with Crippen LogP contribution in [0.5, 0.6) is 0 Å². The van der Waals surface area contributed by atoms with Crippen LogP contribution in [0.1, 0.15) is 24.0 Å². The van der Waals surface area contributed by atoms with Gasteiger partial charge in [-0.2, -0.15) is 0 Å². The summed E-state index contributed by atoms with van der Waals surface area (Å²) in [6.45, 7) is 2.01. The summed E-state index contributed by atoms with van der Waals surface area (Å²) in [7, 11) is 0. The van der Waals surface area contributed by atoms with Gasteiger partial charge in [0.05, 0.1) is 10.2 Å². The summed E-state index contributed by atoms with van der Waals surface area (Å²) in [6, 6.07) is 13.8. The van der Waals surface area contributed by atoms with Gasteiger partial charge in [-0.1, -0.05) is 41.7 Å². The van der Waals surface area contributed by atoms with Crippen LogP contribution >= 0.6 is 11.3 Å². The van der Waals surface area contributed by atoms with Gasteiger partial charge in [0.1, 0.15) is 0 Å². The van der Waals surface area contributed by atoms with E-state index < -0.39 is 0 Å². The van der Waals surface area contributed by atoms with Gasteiger partial charge in [0.2, 0.25) is 11.8 Å². The van der Waals surface area contributed by atoms with E-state index in [1.54, 1.807) is 0 Å². The normalized spacial score (nSPS) is 16.2. The van der Waals surface area contributed by atoms with Crippen molar-refractivity contribution in [1.29, 1.82) is 0 Å². The predicted octanol–water partition coefficient (Wildman–Crippen LogP) is 4.13. The second kappa shape index (κ2) is 6.88. The summed E-state index contributed by atoms with van der Waals surface area (Å²) in [5.41, 5.74) is 4.02. The van der Waals surface area contributed by atoms with Crippen molar-refractivity contribution < 1.29 is 9.59 Å². The Labute approximate surface area is 155 Å². The standard InChI is InChI=1S/C20H19N3O2S/c1-12-5-4-8-16-18(12)23-20(26-16)22-17(24)10-9-14-11-13-6-2-3-7-15(13)21-19(14)25/h2-8,14H,9-11H2,1H3,(H,21,25)(H,22,23,24). The van der Waals surface area contributed by atoms with E-state index in [-0.39, 0.29) is 17.7 Å². The molecule has 0 spiro atoms. The van der Waals surface area contributed by atoms with E-state index in [2.05, 4.69) is 15.6 Å². The van der Waals surface area contributed by atoms with Gasteiger partial charge in [-0.05, 0) is 43.0 Å². The fourth-order valence-corrected chi connectivity index (χ4v) is 4.23. The number of nitrogens with one attached hydrogen (secondary N) is 2. The molecule has 6 heteroatoms. The van der Waals surface area contributed by atoms with E-state index in [1.165, 1.54) is 11.3 Å². The van der Waals surface area contributed by atoms with Gasteiger partial charge in [0.25, 0.3) is 0 Å². The molecule has 0 aliphatic carbocycles. The third-order valence-corrected chi connectivity index (χ3v) is 5.64. The quantitative estimate of drug-likeness (QED) is 0.730. The molecule has 1 unspecified atom stereocenters. The smallest absolute Gasteiger partial charge is 0.227 e. The van der Waals surface area contributed by atoms with Crippen LogP contribution in [0.15, 0.2) is 42.5 Å². The molecule has 1 aliphatic rings. The highest BCUT2D eigenvalue weighted by molar-refractivity contribution is 7.22. The largest absolute Gasteiger partial charge is 0.326 e. The van der Waals surface area contributed by atoms with Gasteiger partial charge in [0, 0.05) is 18.0 Å². The Balaban J connectivity index is 1.38. The highest BCUT2D eigenvalue weighted by Gasteiger charge is 2.26. The summed E-state index contributed by atoms with van der Waals surface area (Å²) in [5.74, 6) is -0.284. The van der Waals surface area contributed by atoms with Crippen molar-refractivity contribution in [3.8, 4) is 0 Å². The van der Waals surface area contributed by atoms with Gasteiger partial charge in [-0.3, -0.25) is 9.59 Å². The molecule has 0 radical (unpaired) electrons. The number of fused-ring (bicyclic) bond motifs is 2. The maximum absolute atomic E-state index is 12.3. The highest BCUT2D eigenvalue weighted by Crippen LogP contribution is 2.29. The Morgan fingerprint density at radius 2 is 2.12 bits per heavy atom. The van der Waals surface area contributed by atoms with Crippen molar-refractivity contribution in [1.82, 2.24) is 4.98 Å². The van der Waals surface area contributed by atoms with Gasteiger partial charge < -0.3 is 10.6 Å². The van der Waals surface area contributed by atoms with Crippen molar-refractivity contribution in [2.45, 2.75) is 26.2 Å². The average Bonchev–Trinajstić information content (AvgIpc) is 3.04. The van der Waals surface area contributed by atoms with Crippen molar-refractivity contribution in [2.24, 2.45) is 5.92 Å². The third kappa shape index (κ3) is 3.32. The summed E-state index contributed by atoms with van der Waals surface area (Å²) in [6.07, 6.45) is 1.50. The number of aromatic nitrogens is 1. The maximum atomic E-state index is 12.3. The van der Waals surface area contributed by atoms with E-state index >= 15 is 0 Å². The van der Waals surface area contributed by atoms with Crippen molar-refractivity contribution in [2.75, 3.05) is 10.6 Å². The lowest BCUT2D eigenvalue weighted by Gasteiger charge is -2.24. The fraction of sp³-hybridized carbons (Fsp3) is 0.250. The first-order valence-corrected chi connectivity index (χ1v) is 9.46. The molecule has 4 rings (SSSR count). The molecule has 0 saturated heterocycles. The maximum Gasteiger partial charge on any atom is 0.227 e. The van der Waals surface area contributed by atoms with Gasteiger partial charge in [-0.15, -0.1) is 0 Å². The number of nitrogens with zero attached hydrogens (tertiary/aromatic N) is 1. The Morgan fingerprint density at radius 1 is 1.27 bits per heavy atom. The number of aryl methyl sites for hydroxylation is 1. The van der Waals surface area contributed by atoms with Crippen LogP contribution in [0, 0.1) is 12.8 Å². The number of para-hydroxylation sites is 2. The second-order valence-corrected chi connectivity index (χ2v) is 7.61. The van der Waals surface area contributed by atoms with Crippen LogP contribution in [0.2, 0.25) is 0 Å². The van der Waals surface area contributed by atoms with Crippen LogP contribution in [-0.4, -0.2) is 16.8 Å². The van der Waals surface area contributed by atoms with E-state index in [0.717, 1.165) is 27.0 Å². The SMILES string of the molecule is Cc1cccc2sc(NC(=O)CCC3Cc4ccccc4NC3=O)nc12. The molecular weight excluding hydrogens is 346 g/mol. The van der Waals surface area contributed by atoms with Crippen LogP contribution in [0.25, 0.3) is 10.2 Å². The number of thiazole rings is 1. The molecule has 1 aliphatic heterocycles. The van der Waals surface area contributed by atoms with Crippen molar-refractivity contribution in [3.05, 3.63) is 53.6 Å². The zero-order valence-electron chi connectivity index (χ0n) is 14.4. The van der Waals surface area contributed by atoms with Crippen molar-refractivity contribution in [3.63, 3.8) is 0 Å². The van der Waals surface area contributed by atoms with Crippen LogP contribution in [0.3, 0.4) is 0 Å². The molecule has 1 aromatic heterocycles. The second-order valence-electron chi connectivity index (χ2n) is 6.57. The zero-order chi connectivity index (χ0) is 18.1. The number of carbonyl (C=O) groups is 2. The number of rotatable bonds is 4. The number of carbonyl (C=O) groups excluding carboxylic acids is 2. The molecule has 2 N–H and O–H groups in total. The summed E-state index contributed by atoms with van der Waals surface area (Å²) in [5, 5.41) is 6.40. The lowest BCUT2D eigenvalue weighted by molar-refractivity contribution is -0.121. The number of amides is 2. The molecule has 5 nitrogen and oxygen atoms in total. The minimum Gasteiger partial charge on any atom is -0.326 e. The first-order chi connectivity index (χ1) is 12.6. The topological polar surface area (TPSA) is 71.1 Å². The molecule has 26 heavy (non-hydrogen) atoms. The van der Waals surface area contributed by atoms with Gasteiger partial charge >= 0.3 is 0 Å². The molecule has 0 bridgehead atoms. The lowest BCUT2D eigenvalue weighted by Crippen LogP contribution is -2.30. The summed E-state index contributed by atoms with van der Waals surface area (Å²) in [4.78, 5) is 29.0. The van der Waals surface area contributed by atoms with E-state index in [9.17, 15) is 9.59 Å². The summed E-state index contributed by atoms with van der Waals surface area (Å²) < 4.78 is 1.06. The minimum absolute atomic E-state index is 0.00730. The van der Waals surface area contributed by atoms with E-state index in [1.807, 2.05) is 49.4 Å². The lowest BCUT2D eigenvalue weighted by atomic mass is 9.89. The molecule has 3 aromatic rings. The number of anilines is 2. The van der Waals surface area contributed by atoms with Gasteiger partial charge in [-0.25, -0.2) is 4.98 Å². The number of hydrogen-bond donors (Lipinski definition) is 2. The molecule has 2 heterocycles. The third-order valence-electron chi connectivity index (χ3n) is 4.70. The Morgan fingerprint density at radius 3 is 2.96 bits per heavy atom. The fourth-order valence-electron chi connectivity index (χ4n) is 3.27. The van der Waals surface area contributed by atoms with Gasteiger partial charge in [0.15, 0.2) is 5.13 Å². The summed E-state index contributed by atoms with van der Waals surface area (Å²) >= 11 is 1.47. The Hall–Kier alpha value is -2.73. The average molecular weight is 365 g/mol. The Bertz CT molecular complexity index is 996. The molecular formula is C20H19N3O2S. The van der Waals surface area contributed by atoms with Crippen molar-refractivity contribution >= 4 is 44.2 Å². The molecule has 1 atom stereocenters. The first kappa shape index (κ1) is 16.7. The highest BCUT2D eigenvalue weighted by atomic mass is 32.1. The number of benzene rings is 2. The van der Waals surface area contributed by atoms with Crippen LogP contribution in [0.4, 0.5) is 10.8 Å². The van der Waals surface area contributed by atoms with E-state index in [4.69, 9.17) is 0 Å². The van der Waals surface area contributed by atoms with Crippen LogP contribution < -0.4 is 10.6 Å². The first-order valence-electron chi connectivity index (χ1n) is 8.65. The molecule has 0 fully saturated rings. The monoisotopic (exact) mass is 365 g/mol. The molecule has 132 valence electrons. The van der Waals surface area contributed by atoms with Crippen LogP contribution in [-0.2, 0) is 16.0 Å². The molecule has 2 amide bonds. The minimum atomic E-state index is -0.173. The molecule has 2 aromatic carbocycles. The zero-order valence-corrected chi connectivity index (χ0v) is 15.2. The van der Waals surface area contributed by atoms with E-state index in [0.29, 0.717) is 24.4 Å². The predicted molar refractivity (Wildman–Crippen MR) is 104 cm³/mol.